The van der Waals surface area contributed by atoms with E-state index in [1.165, 1.54) is 18.3 Å². The number of carbonyl (C=O) groups excluding carboxylic acids is 1. The number of hydrogen-bond acceptors (Lipinski definition) is 4. The second-order valence-corrected chi connectivity index (χ2v) is 8.96. The van der Waals surface area contributed by atoms with Gasteiger partial charge in [0.2, 0.25) is 5.91 Å². The highest BCUT2D eigenvalue weighted by molar-refractivity contribution is 6.67. The minimum atomic E-state index is -1.95. The summed E-state index contributed by atoms with van der Waals surface area (Å²) >= 11 is 0. The third-order valence-corrected chi connectivity index (χ3v) is 5.22. The molecule has 0 saturated heterocycles. The van der Waals surface area contributed by atoms with E-state index in [4.69, 9.17) is 39.2 Å². The van der Waals surface area contributed by atoms with Gasteiger partial charge in [-0.15, -0.1) is 35.5 Å². The molecule has 0 unspecified atom stereocenters. The second kappa shape index (κ2) is 8.73. The van der Waals surface area contributed by atoms with E-state index in [-0.39, 0.29) is 33.5 Å². The highest BCUT2D eigenvalue weighted by Crippen LogP contribution is 2.37. The van der Waals surface area contributed by atoms with E-state index in [0.717, 1.165) is 0 Å². The Hall–Kier alpha value is -3.02. The van der Waals surface area contributed by atoms with Gasteiger partial charge in [0, 0.05) is 15.7 Å². The van der Waals surface area contributed by atoms with Gasteiger partial charge in [0.05, 0.1) is 34.9 Å². The van der Waals surface area contributed by atoms with Crippen LogP contribution in [0.4, 0.5) is 5.69 Å². The molecule has 5 nitrogen and oxygen atoms in total. The van der Waals surface area contributed by atoms with Crippen molar-refractivity contribution < 1.29 is 9.90 Å². The molecule has 1 aliphatic carbocycles. The van der Waals surface area contributed by atoms with Crippen molar-refractivity contribution in [3.05, 3.63) is 92.3 Å². The summed E-state index contributed by atoms with van der Waals surface area (Å²) in [6.07, 6.45) is 8.42. The predicted octanol–water partition coefficient (Wildman–Crippen LogP) is 1.54. The molecule has 0 aromatic heterocycles. The molecule has 10 radical (unpaired) electrons. The maximum absolute atomic E-state index is 13.1. The van der Waals surface area contributed by atoms with Gasteiger partial charge in [0.25, 0.3) is 0 Å². The van der Waals surface area contributed by atoms with Gasteiger partial charge in [-0.2, -0.15) is 5.57 Å². The first-order chi connectivity index (χ1) is 15.2. The molecule has 0 spiro atoms. The zero-order valence-corrected chi connectivity index (χ0v) is 18.7. The fraction of sp³-hybridized carbons (Fsp3) is 0.217. The Morgan fingerprint density at radius 1 is 1.15 bits per heavy atom. The Morgan fingerprint density at radius 2 is 1.82 bits per heavy atom. The number of rotatable bonds is 4. The van der Waals surface area contributed by atoms with Crippen LogP contribution in [0.3, 0.4) is 0 Å². The predicted molar refractivity (Wildman–Crippen MR) is 136 cm³/mol. The molecule has 3 N–H and O–H groups in total. The third kappa shape index (κ3) is 5.00. The van der Waals surface area contributed by atoms with E-state index in [1.807, 2.05) is 20.8 Å². The van der Waals surface area contributed by atoms with E-state index in [2.05, 4.69) is 10.6 Å². The zero-order chi connectivity index (χ0) is 24.7. The van der Waals surface area contributed by atoms with Gasteiger partial charge in [-0.1, -0.05) is 43.5 Å². The molecule has 0 fully saturated rings. The van der Waals surface area contributed by atoms with Gasteiger partial charge in [0.15, 0.2) is 0 Å². The summed E-state index contributed by atoms with van der Waals surface area (Å²) in [5, 5.41) is 14.1. The molecule has 1 aromatic carbocycles. The van der Waals surface area contributed by atoms with Crippen LogP contribution < -0.4 is 16.1 Å². The minimum Gasteiger partial charge on any atom is -0.550 e. The fourth-order valence-corrected chi connectivity index (χ4v) is 3.68. The van der Waals surface area contributed by atoms with Crippen molar-refractivity contribution in [1.82, 2.24) is 5.32 Å². The number of benzene rings is 1. The summed E-state index contributed by atoms with van der Waals surface area (Å²) in [5.74, 6) is -0.787. The number of dihydropyridines is 1. The van der Waals surface area contributed by atoms with Gasteiger partial charge in [-0.3, -0.25) is 4.79 Å². The summed E-state index contributed by atoms with van der Waals surface area (Å²) in [6, 6.07) is 3.41. The molecule has 1 aliphatic heterocycles. The molecule has 33 heavy (non-hydrogen) atoms. The molecule has 1 heterocycles. The molecule has 1 amide bonds. The third-order valence-electron chi connectivity index (χ3n) is 5.22. The standard InChI is InChI=1S/C23H19B5N2O3/c1-22(2,3)14-8-12(18(20(24)25)23(26,27)28)17(31)9-16(14)30-21(33)13-10-29-15-7-5-4-6-11(15)19(13)32/h4-10,29,32H,1-3H3,(H,30,33)/q-2. The number of fused-ring (bicyclic) bond motifs is 1. The van der Waals surface area contributed by atoms with Crippen molar-refractivity contribution in [2.75, 3.05) is 5.32 Å². The lowest BCUT2D eigenvalue weighted by molar-refractivity contribution is -0.112. The topological polar surface area (TPSA) is 78.4 Å². The van der Waals surface area contributed by atoms with E-state index in [1.54, 1.807) is 24.3 Å². The van der Waals surface area contributed by atoms with Gasteiger partial charge < -0.3 is 20.5 Å². The van der Waals surface area contributed by atoms with Crippen molar-refractivity contribution in [1.29, 1.82) is 0 Å². The van der Waals surface area contributed by atoms with Crippen LogP contribution in [0.15, 0.2) is 69.7 Å². The Kier molecular flexibility index (Phi) is 6.52. The first kappa shape index (κ1) is 24.6. The minimum absolute atomic E-state index is 0.0155. The summed E-state index contributed by atoms with van der Waals surface area (Å²) in [6.45, 7) is 5.68. The van der Waals surface area contributed by atoms with Crippen LogP contribution in [0, 0.1) is 6.04 Å². The Labute approximate surface area is 200 Å². The highest BCUT2D eigenvalue weighted by atomic mass is 16.3. The van der Waals surface area contributed by atoms with Gasteiger partial charge >= 0.3 is 0 Å². The number of hydrogen-bond donors (Lipinski definition) is 3. The van der Waals surface area contributed by atoms with Crippen molar-refractivity contribution >= 4 is 56.4 Å². The zero-order valence-electron chi connectivity index (χ0n) is 18.7. The van der Waals surface area contributed by atoms with Crippen molar-refractivity contribution in [3.8, 4) is 0 Å². The van der Waals surface area contributed by atoms with E-state index < -0.39 is 21.9 Å². The molecule has 0 atom stereocenters. The SMILES string of the molecule is [B]C([B])=C([c-]1cc(C(C)(C)C)c(NC(=O)C2=CN[C-]3C=CC=CC3=C2O)cc1=O)C([B])([B])[B]. The van der Waals surface area contributed by atoms with E-state index in [0.29, 0.717) is 17.2 Å². The van der Waals surface area contributed by atoms with Gasteiger partial charge in [-0.25, -0.2) is 5.37 Å². The van der Waals surface area contributed by atoms with Crippen LogP contribution in [-0.2, 0) is 10.2 Å². The molecular formula is C23H19B5N2O3-2. The van der Waals surface area contributed by atoms with Crippen LogP contribution in [0.2, 0.25) is 5.11 Å². The molecule has 2 aliphatic rings. The molecule has 10 heteroatoms. The molecule has 1 aromatic rings. The second-order valence-electron chi connectivity index (χ2n) is 8.96. The molecule has 0 saturated carbocycles. The average Bonchev–Trinajstić information content (AvgIpc) is 2.68. The molecule has 156 valence electrons. The maximum atomic E-state index is 13.1. The number of amides is 1. The van der Waals surface area contributed by atoms with Crippen molar-refractivity contribution in [3.63, 3.8) is 0 Å². The largest absolute Gasteiger partial charge is 0.550 e. The van der Waals surface area contributed by atoms with Crippen LogP contribution >= 0.6 is 0 Å². The lowest BCUT2D eigenvalue weighted by Crippen LogP contribution is -2.29. The number of allylic oxidation sites excluding steroid dienone is 3. The molecule has 3 rings (SSSR count). The van der Waals surface area contributed by atoms with Crippen LogP contribution in [0.1, 0.15) is 31.9 Å². The number of anilines is 1. The number of aliphatic hydroxyl groups is 1. The highest BCUT2D eigenvalue weighted by Gasteiger charge is 2.23. The average molecular weight is 425 g/mol. The Morgan fingerprint density at radius 3 is 2.39 bits per heavy atom. The Bertz CT molecular complexity index is 1200. The number of aliphatic hydroxyl groups excluding tert-OH is 1. The maximum Gasteiger partial charge on any atom is 0.250 e. The number of nitrogens with one attached hydrogen (secondary N) is 2. The van der Waals surface area contributed by atoms with Crippen LogP contribution in [0.5, 0.6) is 0 Å². The van der Waals surface area contributed by atoms with Crippen LogP contribution in [0.25, 0.3) is 5.57 Å². The summed E-state index contributed by atoms with van der Waals surface area (Å²) in [5.41, 5.74) is 0.198. The lowest BCUT2D eigenvalue weighted by Gasteiger charge is -2.35. The summed E-state index contributed by atoms with van der Waals surface area (Å²) in [7, 11) is 28.8. The van der Waals surface area contributed by atoms with Gasteiger partial charge in [-0.05, 0) is 23.3 Å². The van der Waals surface area contributed by atoms with E-state index >= 15 is 0 Å². The fourth-order valence-electron chi connectivity index (χ4n) is 3.68. The Balaban J connectivity index is 2.06. The van der Waals surface area contributed by atoms with Gasteiger partial charge in [0.1, 0.15) is 5.43 Å². The monoisotopic (exact) mass is 426 g/mol. The lowest BCUT2D eigenvalue weighted by atomic mass is 9.37. The first-order valence-corrected chi connectivity index (χ1v) is 10.1. The van der Waals surface area contributed by atoms with Crippen molar-refractivity contribution in [2.45, 2.75) is 31.3 Å². The molecular weight excluding hydrogens is 406 g/mol. The van der Waals surface area contributed by atoms with Crippen LogP contribution in [-0.4, -0.2) is 50.2 Å². The normalized spacial score (nSPS) is 15.5. The number of carbonyl (C=O) groups is 1. The quantitative estimate of drug-likeness (QED) is 0.505. The van der Waals surface area contributed by atoms with E-state index in [9.17, 15) is 14.7 Å². The summed E-state index contributed by atoms with van der Waals surface area (Å²) < 4.78 is 0. The van der Waals surface area contributed by atoms with Crippen molar-refractivity contribution in [2.24, 2.45) is 0 Å². The first-order valence-electron chi connectivity index (χ1n) is 10.1. The summed E-state index contributed by atoms with van der Waals surface area (Å²) in [4.78, 5) is 26.0. The smallest absolute Gasteiger partial charge is 0.250 e. The molecule has 0 bridgehead atoms.